The highest BCUT2D eigenvalue weighted by molar-refractivity contribution is 4.85. The van der Waals surface area contributed by atoms with Gasteiger partial charge in [0.1, 0.15) is 0 Å². The van der Waals surface area contributed by atoms with E-state index < -0.39 is 0 Å². The van der Waals surface area contributed by atoms with Gasteiger partial charge in [-0.1, -0.05) is 13.3 Å². The predicted molar refractivity (Wildman–Crippen MR) is 61.4 cm³/mol. The molecule has 1 aliphatic rings. The van der Waals surface area contributed by atoms with E-state index in [9.17, 15) is 0 Å². The molecule has 0 aromatic rings. The maximum absolute atomic E-state index is 5.80. The molecule has 0 aliphatic carbocycles. The first-order valence-electron chi connectivity index (χ1n) is 5.83. The average molecular weight is 199 g/mol. The number of nitrogens with two attached hydrogens (primary N) is 1. The lowest BCUT2D eigenvalue weighted by Gasteiger charge is -2.43. The van der Waals surface area contributed by atoms with Gasteiger partial charge in [-0.05, 0) is 26.9 Å². The van der Waals surface area contributed by atoms with Crippen molar-refractivity contribution in [1.82, 2.24) is 9.80 Å². The highest BCUT2D eigenvalue weighted by Gasteiger charge is 2.27. The first-order chi connectivity index (χ1) is 6.69. The summed E-state index contributed by atoms with van der Waals surface area (Å²) < 4.78 is 0. The van der Waals surface area contributed by atoms with E-state index in [1.165, 1.54) is 25.9 Å². The Kier molecular flexibility index (Phi) is 4.85. The van der Waals surface area contributed by atoms with Crippen LogP contribution in [0.15, 0.2) is 0 Å². The van der Waals surface area contributed by atoms with Gasteiger partial charge in [-0.25, -0.2) is 0 Å². The average Bonchev–Trinajstić information content (AvgIpc) is 2.19. The minimum atomic E-state index is 0.572. The summed E-state index contributed by atoms with van der Waals surface area (Å²) in [5.41, 5.74) is 5.80. The van der Waals surface area contributed by atoms with Crippen LogP contribution < -0.4 is 5.73 Å². The molecule has 2 unspecified atom stereocenters. The van der Waals surface area contributed by atoms with Crippen molar-refractivity contribution in [2.75, 3.05) is 33.2 Å². The summed E-state index contributed by atoms with van der Waals surface area (Å²) in [5.74, 6) is 0. The highest BCUT2D eigenvalue weighted by Crippen LogP contribution is 2.13. The Morgan fingerprint density at radius 1 is 1.36 bits per heavy atom. The molecule has 3 heteroatoms. The first kappa shape index (κ1) is 12.0. The molecular weight excluding hydrogens is 174 g/mol. The van der Waals surface area contributed by atoms with Gasteiger partial charge in [0, 0.05) is 31.7 Å². The van der Waals surface area contributed by atoms with Gasteiger partial charge in [-0.15, -0.1) is 0 Å². The molecule has 1 saturated heterocycles. The SMILES string of the molecule is CCCCN1CC(C)N(C)CC1CN. The predicted octanol–water partition coefficient (Wildman–Crippen LogP) is 0.750. The molecule has 1 aliphatic heterocycles. The number of hydrogen-bond acceptors (Lipinski definition) is 3. The van der Waals surface area contributed by atoms with Gasteiger partial charge in [0.25, 0.3) is 0 Å². The number of hydrogen-bond donors (Lipinski definition) is 1. The summed E-state index contributed by atoms with van der Waals surface area (Å²) in [6.07, 6.45) is 2.57. The monoisotopic (exact) mass is 199 g/mol. The van der Waals surface area contributed by atoms with Crippen LogP contribution in [0.2, 0.25) is 0 Å². The topological polar surface area (TPSA) is 32.5 Å². The Morgan fingerprint density at radius 2 is 2.07 bits per heavy atom. The molecule has 3 nitrogen and oxygen atoms in total. The normalized spacial score (nSPS) is 30.9. The van der Waals surface area contributed by atoms with E-state index in [2.05, 4.69) is 30.7 Å². The molecule has 1 fully saturated rings. The number of piperazine rings is 1. The zero-order valence-electron chi connectivity index (χ0n) is 9.87. The molecule has 0 aromatic carbocycles. The van der Waals surface area contributed by atoms with Crippen molar-refractivity contribution in [3.63, 3.8) is 0 Å². The molecule has 0 radical (unpaired) electrons. The van der Waals surface area contributed by atoms with E-state index in [-0.39, 0.29) is 0 Å². The molecule has 1 heterocycles. The van der Waals surface area contributed by atoms with Gasteiger partial charge in [-0.3, -0.25) is 4.90 Å². The lowest BCUT2D eigenvalue weighted by molar-refractivity contribution is 0.0546. The quantitative estimate of drug-likeness (QED) is 0.725. The summed E-state index contributed by atoms with van der Waals surface area (Å²) in [6, 6.07) is 1.25. The van der Waals surface area contributed by atoms with Gasteiger partial charge in [0.05, 0.1) is 0 Å². The van der Waals surface area contributed by atoms with Crippen LogP contribution >= 0.6 is 0 Å². The van der Waals surface area contributed by atoms with Crippen molar-refractivity contribution in [3.05, 3.63) is 0 Å². The third-order valence-corrected chi connectivity index (χ3v) is 3.34. The first-order valence-corrected chi connectivity index (χ1v) is 5.83. The van der Waals surface area contributed by atoms with Gasteiger partial charge < -0.3 is 10.6 Å². The van der Waals surface area contributed by atoms with E-state index in [0.717, 1.165) is 13.1 Å². The second-order valence-corrected chi connectivity index (χ2v) is 4.53. The van der Waals surface area contributed by atoms with Crippen LogP contribution in [0.3, 0.4) is 0 Å². The third-order valence-electron chi connectivity index (χ3n) is 3.34. The fraction of sp³-hybridized carbons (Fsp3) is 1.00. The van der Waals surface area contributed by atoms with Gasteiger partial charge in [0.2, 0.25) is 0 Å². The second kappa shape index (κ2) is 5.69. The van der Waals surface area contributed by atoms with Gasteiger partial charge >= 0.3 is 0 Å². The molecular formula is C11H25N3. The molecule has 1 rings (SSSR count). The minimum absolute atomic E-state index is 0.572. The molecule has 0 aromatic heterocycles. The van der Waals surface area contributed by atoms with Crippen LogP contribution in [0.5, 0.6) is 0 Å². The zero-order valence-corrected chi connectivity index (χ0v) is 9.87. The third kappa shape index (κ3) is 2.94. The summed E-state index contributed by atoms with van der Waals surface area (Å²) >= 11 is 0. The van der Waals surface area contributed by atoms with Crippen LogP contribution in [0, 0.1) is 0 Å². The van der Waals surface area contributed by atoms with E-state index in [1.807, 2.05) is 0 Å². The Hall–Kier alpha value is -0.120. The molecule has 0 saturated carbocycles. The summed E-state index contributed by atoms with van der Waals surface area (Å²) in [6.45, 7) is 8.86. The minimum Gasteiger partial charge on any atom is -0.329 e. The number of likely N-dealkylation sites (N-methyl/N-ethyl adjacent to an activating group) is 1. The van der Waals surface area contributed by atoms with Crippen LogP contribution in [-0.2, 0) is 0 Å². The molecule has 0 amide bonds. The fourth-order valence-electron chi connectivity index (χ4n) is 2.11. The standard InChI is InChI=1S/C11H25N3/c1-4-5-6-14-8-10(2)13(3)9-11(14)7-12/h10-11H,4-9,12H2,1-3H3. The Balaban J connectivity index is 2.45. The second-order valence-electron chi connectivity index (χ2n) is 4.53. The number of rotatable bonds is 4. The molecule has 14 heavy (non-hydrogen) atoms. The fourth-order valence-corrected chi connectivity index (χ4v) is 2.11. The number of nitrogens with zero attached hydrogens (tertiary/aromatic N) is 2. The molecule has 2 N–H and O–H groups in total. The lowest BCUT2D eigenvalue weighted by Crippen LogP contribution is -2.58. The maximum Gasteiger partial charge on any atom is 0.0346 e. The van der Waals surface area contributed by atoms with Gasteiger partial charge in [0.15, 0.2) is 0 Å². The van der Waals surface area contributed by atoms with Crippen molar-refractivity contribution in [2.45, 2.75) is 38.8 Å². The van der Waals surface area contributed by atoms with Crippen LogP contribution in [0.25, 0.3) is 0 Å². The highest BCUT2D eigenvalue weighted by atomic mass is 15.3. The summed E-state index contributed by atoms with van der Waals surface area (Å²) in [5, 5.41) is 0. The van der Waals surface area contributed by atoms with Crippen molar-refractivity contribution < 1.29 is 0 Å². The number of unbranched alkanes of at least 4 members (excludes halogenated alkanes) is 1. The Bertz CT molecular complexity index is 161. The van der Waals surface area contributed by atoms with Gasteiger partial charge in [-0.2, -0.15) is 0 Å². The maximum atomic E-state index is 5.80. The van der Waals surface area contributed by atoms with Crippen molar-refractivity contribution in [3.8, 4) is 0 Å². The van der Waals surface area contributed by atoms with E-state index in [1.54, 1.807) is 0 Å². The van der Waals surface area contributed by atoms with Crippen molar-refractivity contribution in [2.24, 2.45) is 5.73 Å². The smallest absolute Gasteiger partial charge is 0.0346 e. The summed E-state index contributed by atoms with van der Waals surface area (Å²) in [4.78, 5) is 4.98. The Morgan fingerprint density at radius 3 is 2.64 bits per heavy atom. The molecule has 0 spiro atoms. The van der Waals surface area contributed by atoms with Crippen LogP contribution in [-0.4, -0.2) is 55.1 Å². The van der Waals surface area contributed by atoms with Crippen molar-refractivity contribution >= 4 is 0 Å². The van der Waals surface area contributed by atoms with E-state index >= 15 is 0 Å². The Labute approximate surface area is 88.2 Å². The zero-order chi connectivity index (χ0) is 10.6. The van der Waals surface area contributed by atoms with Crippen LogP contribution in [0.1, 0.15) is 26.7 Å². The van der Waals surface area contributed by atoms with E-state index in [4.69, 9.17) is 5.73 Å². The van der Waals surface area contributed by atoms with E-state index in [0.29, 0.717) is 12.1 Å². The molecule has 84 valence electrons. The molecule has 0 bridgehead atoms. The van der Waals surface area contributed by atoms with Crippen LogP contribution in [0.4, 0.5) is 0 Å². The van der Waals surface area contributed by atoms with Crippen molar-refractivity contribution in [1.29, 1.82) is 0 Å². The molecule has 2 atom stereocenters. The summed E-state index contributed by atoms with van der Waals surface area (Å²) in [7, 11) is 2.20. The largest absolute Gasteiger partial charge is 0.329 e. The lowest BCUT2D eigenvalue weighted by atomic mass is 10.1.